The quantitative estimate of drug-likeness (QED) is 0.198. The van der Waals surface area contributed by atoms with Crippen molar-refractivity contribution in [1.29, 1.82) is 0 Å². The van der Waals surface area contributed by atoms with Gasteiger partial charge in [-0.25, -0.2) is 0 Å². The van der Waals surface area contributed by atoms with E-state index in [1.807, 2.05) is 24.3 Å². The van der Waals surface area contributed by atoms with Crippen molar-refractivity contribution in [2.75, 3.05) is 0 Å². The van der Waals surface area contributed by atoms with Gasteiger partial charge in [0.1, 0.15) is 5.75 Å². The Morgan fingerprint density at radius 1 is 1.14 bits per heavy atom. The lowest BCUT2D eigenvalue weighted by Crippen LogP contribution is -2.46. The molecule has 3 fully saturated rings. The Bertz CT molecular complexity index is 1420. The molecule has 4 aliphatic rings. The lowest BCUT2D eigenvalue weighted by molar-refractivity contribution is -0.143. The van der Waals surface area contributed by atoms with Crippen molar-refractivity contribution in [1.82, 2.24) is 9.88 Å². The number of amides is 2. The topological polar surface area (TPSA) is 100.0 Å². The van der Waals surface area contributed by atoms with Crippen LogP contribution in [0.1, 0.15) is 82.4 Å². The number of allylic oxidation sites excluding steroid dienone is 2. The first-order chi connectivity index (χ1) is 20.9. The first-order valence-electron chi connectivity index (χ1n) is 15.9. The Morgan fingerprint density at radius 3 is 2.67 bits per heavy atom. The standard InChI is InChI=1S/C34H40BClN2O5/c1-2-8-23-18-26-32(34(41)38(33(26)40)24-9-4-3-5-10-24)27-20-35(42)43-30(31(23)27)15-13-22(29-11-6-7-16-37-29)17-21-12-14-25(39)19-28(21)36/h6-7,11-12,14,16-17,19,24,26-27,30,32,39,42H,2-5,8-10,13,15,18,20H2,1H3/b22-17-/t26-,27+,30-,32-/m1/s1. The van der Waals surface area contributed by atoms with Crippen LogP contribution < -0.4 is 0 Å². The van der Waals surface area contributed by atoms with Crippen molar-refractivity contribution in [3.05, 3.63) is 70.0 Å². The molecule has 226 valence electrons. The van der Waals surface area contributed by atoms with E-state index in [-0.39, 0.29) is 41.5 Å². The van der Waals surface area contributed by atoms with Gasteiger partial charge in [0.05, 0.1) is 28.7 Å². The second-order valence-electron chi connectivity index (χ2n) is 12.5. The van der Waals surface area contributed by atoms with Gasteiger partial charge in [0.2, 0.25) is 11.8 Å². The first-order valence-corrected chi connectivity index (χ1v) is 16.3. The molecule has 0 radical (unpaired) electrons. The third-order valence-corrected chi connectivity index (χ3v) is 10.1. The molecule has 1 aromatic carbocycles. The number of hydrogen-bond donors (Lipinski definition) is 2. The number of likely N-dealkylation sites (tertiary alicyclic amines) is 1. The highest BCUT2D eigenvalue weighted by Gasteiger charge is 2.58. The number of halogens is 1. The molecule has 3 heterocycles. The average Bonchev–Trinajstić information content (AvgIpc) is 3.26. The summed E-state index contributed by atoms with van der Waals surface area (Å²) in [6.45, 7) is 2.14. The van der Waals surface area contributed by atoms with E-state index in [4.69, 9.17) is 16.3 Å². The predicted octanol–water partition coefficient (Wildman–Crippen LogP) is 6.69. The number of pyridine rings is 1. The zero-order valence-electron chi connectivity index (χ0n) is 24.8. The number of phenols is 1. The van der Waals surface area contributed by atoms with Gasteiger partial charge in [0.25, 0.3) is 0 Å². The molecule has 2 N–H and O–H groups in total. The molecule has 6 rings (SSSR count). The molecule has 0 unspecified atom stereocenters. The number of imide groups is 1. The van der Waals surface area contributed by atoms with Gasteiger partial charge >= 0.3 is 7.12 Å². The van der Waals surface area contributed by atoms with Crippen LogP contribution in [0.3, 0.4) is 0 Å². The number of rotatable bonds is 8. The van der Waals surface area contributed by atoms with Crippen LogP contribution in [0.5, 0.6) is 5.75 Å². The summed E-state index contributed by atoms with van der Waals surface area (Å²) in [5, 5.41) is 21.3. The minimum Gasteiger partial charge on any atom is -0.508 e. The van der Waals surface area contributed by atoms with Crippen LogP contribution in [-0.4, -0.2) is 51.1 Å². The summed E-state index contributed by atoms with van der Waals surface area (Å²) in [7, 11) is -0.999. The second kappa shape index (κ2) is 13.0. The molecule has 43 heavy (non-hydrogen) atoms. The number of phenolic OH excluding ortho intramolecular Hbond substituents is 1. The third-order valence-electron chi connectivity index (χ3n) is 9.82. The van der Waals surface area contributed by atoms with Crippen LogP contribution in [0.2, 0.25) is 11.3 Å². The minimum atomic E-state index is -0.999. The van der Waals surface area contributed by atoms with Crippen molar-refractivity contribution in [3.63, 3.8) is 0 Å². The largest absolute Gasteiger partial charge is 0.508 e. The summed E-state index contributed by atoms with van der Waals surface area (Å²) in [6, 6.07) is 10.7. The number of benzene rings is 1. The summed E-state index contributed by atoms with van der Waals surface area (Å²) in [4.78, 5) is 34.0. The SMILES string of the molecule is CCCC1=C2[C@@H](CC/C(=C/c3ccc(O)cc3Cl)c3ccccn3)OB(O)C[C@@H]2[C@@H]2C(=O)N(C3CCCCC3)C(=O)[C@@H]2C1. The first kappa shape index (κ1) is 30.1. The van der Waals surface area contributed by atoms with Gasteiger partial charge in [0, 0.05) is 12.2 Å². The number of carbonyl (C=O) groups is 2. The van der Waals surface area contributed by atoms with Gasteiger partial charge in [-0.05, 0) is 104 Å². The monoisotopic (exact) mass is 602 g/mol. The Balaban J connectivity index is 1.31. The Hall–Kier alpha value is -2.94. The molecule has 2 aliphatic heterocycles. The molecule has 2 aliphatic carbocycles. The Morgan fingerprint density at radius 2 is 1.95 bits per heavy atom. The van der Waals surface area contributed by atoms with Crippen LogP contribution in [0.15, 0.2) is 53.7 Å². The van der Waals surface area contributed by atoms with Crippen molar-refractivity contribution in [2.45, 2.75) is 89.6 Å². The number of hydrogen-bond acceptors (Lipinski definition) is 6. The van der Waals surface area contributed by atoms with E-state index in [0.29, 0.717) is 30.6 Å². The number of nitrogens with zero attached hydrogens (tertiary/aromatic N) is 2. The molecule has 1 aromatic heterocycles. The zero-order chi connectivity index (χ0) is 30.1. The second-order valence-corrected chi connectivity index (χ2v) is 12.9. The van der Waals surface area contributed by atoms with Crippen molar-refractivity contribution in [3.8, 4) is 5.75 Å². The minimum absolute atomic E-state index is 0.00164. The molecule has 0 spiro atoms. The molecule has 0 bridgehead atoms. The van der Waals surface area contributed by atoms with E-state index in [1.54, 1.807) is 23.2 Å². The number of carbonyl (C=O) groups excluding carboxylic acids is 2. The fourth-order valence-corrected chi connectivity index (χ4v) is 8.19. The molecule has 2 saturated heterocycles. The third kappa shape index (κ3) is 6.07. The smallest absolute Gasteiger partial charge is 0.455 e. The average molecular weight is 603 g/mol. The van der Waals surface area contributed by atoms with E-state index >= 15 is 0 Å². The van der Waals surface area contributed by atoms with Gasteiger partial charge in [-0.3, -0.25) is 19.5 Å². The maximum atomic E-state index is 14.0. The van der Waals surface area contributed by atoms with E-state index in [0.717, 1.165) is 67.3 Å². The molecule has 2 amide bonds. The van der Waals surface area contributed by atoms with Crippen LogP contribution >= 0.6 is 11.6 Å². The van der Waals surface area contributed by atoms with E-state index in [9.17, 15) is 19.7 Å². The maximum absolute atomic E-state index is 14.0. The van der Waals surface area contributed by atoms with Gasteiger partial charge in [-0.2, -0.15) is 0 Å². The molecular formula is C34H40BClN2O5. The molecule has 9 heteroatoms. The predicted molar refractivity (Wildman–Crippen MR) is 168 cm³/mol. The molecular weight excluding hydrogens is 563 g/mol. The van der Waals surface area contributed by atoms with Gasteiger partial charge in [-0.1, -0.05) is 55.8 Å². The van der Waals surface area contributed by atoms with Crippen LogP contribution in [-0.2, 0) is 14.2 Å². The van der Waals surface area contributed by atoms with Crippen molar-refractivity contribution in [2.24, 2.45) is 17.8 Å². The lowest BCUT2D eigenvalue weighted by Gasteiger charge is -2.43. The van der Waals surface area contributed by atoms with Crippen LogP contribution in [0, 0.1) is 17.8 Å². The van der Waals surface area contributed by atoms with Crippen molar-refractivity contribution >= 4 is 42.2 Å². The molecule has 7 nitrogen and oxygen atoms in total. The zero-order valence-corrected chi connectivity index (χ0v) is 25.5. The molecule has 1 saturated carbocycles. The summed E-state index contributed by atoms with van der Waals surface area (Å²) >= 11 is 6.47. The maximum Gasteiger partial charge on any atom is 0.455 e. The number of aromatic nitrogens is 1. The van der Waals surface area contributed by atoms with E-state index in [2.05, 4.69) is 11.9 Å². The van der Waals surface area contributed by atoms with Gasteiger partial charge in [-0.15, -0.1) is 0 Å². The fraction of sp³-hybridized carbons (Fsp3) is 0.500. The van der Waals surface area contributed by atoms with Gasteiger partial charge < -0.3 is 14.8 Å². The fourth-order valence-electron chi connectivity index (χ4n) is 7.96. The van der Waals surface area contributed by atoms with E-state index < -0.39 is 13.0 Å². The normalized spacial score (nSPS) is 26.6. The summed E-state index contributed by atoms with van der Waals surface area (Å²) in [6.07, 6.45) is 12.3. The molecule has 2 aromatic rings. The van der Waals surface area contributed by atoms with Crippen LogP contribution in [0.4, 0.5) is 0 Å². The summed E-state index contributed by atoms with van der Waals surface area (Å²) < 4.78 is 6.24. The highest BCUT2D eigenvalue weighted by molar-refractivity contribution is 6.43. The summed E-state index contributed by atoms with van der Waals surface area (Å²) in [5.74, 6) is -0.899. The number of aromatic hydroxyl groups is 1. The van der Waals surface area contributed by atoms with Crippen LogP contribution in [0.25, 0.3) is 11.6 Å². The van der Waals surface area contributed by atoms with E-state index in [1.165, 1.54) is 11.6 Å². The summed E-state index contributed by atoms with van der Waals surface area (Å²) in [5.41, 5.74) is 4.89. The highest BCUT2D eigenvalue weighted by atomic mass is 35.5. The van der Waals surface area contributed by atoms with Gasteiger partial charge in [0.15, 0.2) is 0 Å². The lowest BCUT2D eigenvalue weighted by atomic mass is 9.58. The Labute approximate surface area is 259 Å². The Kier molecular flexibility index (Phi) is 9.08. The number of fused-ring (bicyclic) bond motifs is 3. The van der Waals surface area contributed by atoms with Crippen molar-refractivity contribution < 1.29 is 24.4 Å². The highest BCUT2D eigenvalue weighted by Crippen LogP contribution is 2.52. The molecule has 4 atom stereocenters.